The number of alkyl halides is 6. The summed E-state index contributed by atoms with van der Waals surface area (Å²) in [5, 5.41) is 9.65. The van der Waals surface area contributed by atoms with Gasteiger partial charge in [-0.1, -0.05) is 36.4 Å². The first-order chi connectivity index (χ1) is 19.0. The van der Waals surface area contributed by atoms with Crippen LogP contribution in [0.5, 0.6) is 0 Å². The molecule has 0 saturated carbocycles. The highest BCUT2D eigenvalue weighted by Gasteiger charge is 2.44. The molecular formula is C27H18F8N2O4. The number of aliphatic carboxylic acids is 1. The zero-order valence-corrected chi connectivity index (χ0v) is 20.5. The van der Waals surface area contributed by atoms with Gasteiger partial charge < -0.3 is 10.8 Å². The van der Waals surface area contributed by atoms with Gasteiger partial charge in [0.1, 0.15) is 17.2 Å². The highest BCUT2D eigenvalue weighted by Crippen LogP contribution is 2.40. The molecule has 0 spiro atoms. The molecule has 3 aromatic carbocycles. The molecule has 4 aromatic rings. The van der Waals surface area contributed by atoms with Gasteiger partial charge in [-0.2, -0.15) is 26.3 Å². The van der Waals surface area contributed by atoms with E-state index in [2.05, 4.69) is 0 Å². The van der Waals surface area contributed by atoms with Crippen LogP contribution < -0.4 is 11.3 Å². The maximum absolute atomic E-state index is 13.3. The minimum Gasteiger partial charge on any atom is -0.481 e. The van der Waals surface area contributed by atoms with E-state index in [-0.39, 0.29) is 30.8 Å². The number of hydrogen-bond acceptors (Lipinski definition) is 3. The quantitative estimate of drug-likeness (QED) is 0.276. The molecule has 216 valence electrons. The summed E-state index contributed by atoms with van der Waals surface area (Å²) in [4.78, 5) is 33.6. The predicted octanol–water partition coefficient (Wildman–Crippen LogP) is 6.11. The summed E-state index contributed by atoms with van der Waals surface area (Å²) in [7, 11) is 0. The van der Waals surface area contributed by atoms with E-state index in [1.54, 1.807) is 12.1 Å². The van der Waals surface area contributed by atoms with Crippen molar-refractivity contribution in [3.63, 3.8) is 0 Å². The highest BCUT2D eigenvalue weighted by atomic mass is 19.4. The second-order valence-corrected chi connectivity index (χ2v) is 8.45. The van der Waals surface area contributed by atoms with Gasteiger partial charge >= 0.3 is 18.3 Å². The molecule has 1 amide bonds. The van der Waals surface area contributed by atoms with Gasteiger partial charge in [0.15, 0.2) is 0 Å². The third-order valence-electron chi connectivity index (χ3n) is 5.73. The Kier molecular flexibility index (Phi) is 8.84. The lowest BCUT2D eigenvalue weighted by atomic mass is 9.99. The van der Waals surface area contributed by atoms with Crippen molar-refractivity contribution in [1.82, 2.24) is 4.57 Å². The van der Waals surface area contributed by atoms with E-state index in [4.69, 9.17) is 10.8 Å². The minimum atomic E-state index is -5.36. The number of carbonyl (C=O) groups is 2. The van der Waals surface area contributed by atoms with Gasteiger partial charge in [0.25, 0.3) is 11.5 Å². The molecule has 0 bridgehead atoms. The summed E-state index contributed by atoms with van der Waals surface area (Å²) in [6.45, 7) is 0. The SMILES string of the molecule is NC(=O)c1c(F)cccc1F.O=C(O)CCc1cccc2c(-n3cc(C(F)(F)F)c(C(F)(F)F)cc3=O)cccc12. The van der Waals surface area contributed by atoms with E-state index in [9.17, 15) is 49.5 Å². The summed E-state index contributed by atoms with van der Waals surface area (Å²) in [6, 6.07) is 12.0. The molecule has 0 aliphatic carbocycles. The topological polar surface area (TPSA) is 102 Å². The number of carbonyl (C=O) groups excluding carboxylic acids is 1. The van der Waals surface area contributed by atoms with Gasteiger partial charge in [-0.25, -0.2) is 8.78 Å². The maximum Gasteiger partial charge on any atom is 0.418 e. The number of primary amides is 1. The van der Waals surface area contributed by atoms with Crippen LogP contribution in [0.15, 0.2) is 71.7 Å². The lowest BCUT2D eigenvalue weighted by Crippen LogP contribution is -2.26. The molecule has 0 aliphatic rings. The fourth-order valence-electron chi connectivity index (χ4n) is 3.94. The zero-order valence-electron chi connectivity index (χ0n) is 20.5. The van der Waals surface area contributed by atoms with Crippen LogP contribution in [0, 0.1) is 11.6 Å². The molecule has 4 rings (SSSR count). The Morgan fingerprint density at radius 2 is 1.34 bits per heavy atom. The summed E-state index contributed by atoms with van der Waals surface area (Å²) in [5.74, 6) is -4.01. The molecule has 0 atom stereocenters. The van der Waals surface area contributed by atoms with Gasteiger partial charge in [0.05, 0.1) is 16.8 Å². The van der Waals surface area contributed by atoms with Crippen molar-refractivity contribution in [2.75, 3.05) is 0 Å². The molecule has 0 unspecified atom stereocenters. The highest BCUT2D eigenvalue weighted by molar-refractivity contribution is 5.93. The molecule has 0 fully saturated rings. The van der Waals surface area contributed by atoms with E-state index in [0.29, 0.717) is 20.9 Å². The van der Waals surface area contributed by atoms with E-state index in [1.165, 1.54) is 24.3 Å². The Hall–Kier alpha value is -4.75. The number of carboxylic acids is 1. The van der Waals surface area contributed by atoms with Crippen LogP contribution in [-0.2, 0) is 23.6 Å². The van der Waals surface area contributed by atoms with Crippen LogP contribution in [0.25, 0.3) is 16.5 Å². The van der Waals surface area contributed by atoms with Crippen molar-refractivity contribution in [3.05, 3.63) is 111 Å². The van der Waals surface area contributed by atoms with Gasteiger partial charge in [-0.05, 0) is 35.6 Å². The maximum atomic E-state index is 13.3. The average Bonchev–Trinajstić information content (AvgIpc) is 2.86. The van der Waals surface area contributed by atoms with Crippen LogP contribution in [0.1, 0.15) is 33.5 Å². The normalized spacial score (nSPS) is 11.6. The summed E-state index contributed by atoms with van der Waals surface area (Å²) < 4.78 is 105. The standard InChI is InChI=1S/C20H13F6NO3.C7H5F2NO/c21-19(22,23)14-9-17(28)27(10-15(14)20(24,25)26)16-6-2-4-12-11(7-8-18(29)30)3-1-5-13(12)16;8-4-2-1-3-5(9)6(4)7(10)11/h1-6,9-10H,7-8H2,(H,29,30);1-3H,(H2,10,11). The number of pyridine rings is 1. The first-order valence-electron chi connectivity index (χ1n) is 11.4. The fourth-order valence-corrected chi connectivity index (χ4v) is 3.94. The third-order valence-corrected chi connectivity index (χ3v) is 5.73. The molecule has 1 heterocycles. The number of rotatable bonds is 5. The number of halogens is 8. The Morgan fingerprint density at radius 1 is 0.805 bits per heavy atom. The second-order valence-electron chi connectivity index (χ2n) is 8.45. The smallest absolute Gasteiger partial charge is 0.418 e. The van der Waals surface area contributed by atoms with Crippen molar-refractivity contribution in [3.8, 4) is 5.69 Å². The minimum absolute atomic E-state index is 0.0473. The summed E-state index contributed by atoms with van der Waals surface area (Å²) in [6.07, 6.45) is -10.6. The average molecular weight is 586 g/mol. The molecule has 6 nitrogen and oxygen atoms in total. The summed E-state index contributed by atoms with van der Waals surface area (Å²) >= 11 is 0. The molecule has 1 aromatic heterocycles. The molecule has 3 N–H and O–H groups in total. The van der Waals surface area contributed by atoms with Gasteiger partial charge in [0, 0.05) is 24.1 Å². The lowest BCUT2D eigenvalue weighted by molar-refractivity contribution is -0.162. The lowest BCUT2D eigenvalue weighted by Gasteiger charge is -2.18. The van der Waals surface area contributed by atoms with Crippen molar-refractivity contribution in [1.29, 1.82) is 0 Å². The summed E-state index contributed by atoms with van der Waals surface area (Å²) in [5.41, 5.74) is -0.776. The number of aromatic nitrogens is 1. The number of nitrogens with zero attached hydrogens (tertiary/aromatic N) is 1. The van der Waals surface area contributed by atoms with Crippen molar-refractivity contribution < 1.29 is 49.8 Å². The zero-order chi connectivity index (χ0) is 30.7. The molecule has 0 saturated heterocycles. The molecule has 41 heavy (non-hydrogen) atoms. The van der Waals surface area contributed by atoms with Crippen LogP contribution >= 0.6 is 0 Å². The number of carboxylic acid groups (broad SMARTS) is 1. The van der Waals surface area contributed by atoms with Crippen molar-refractivity contribution in [2.24, 2.45) is 5.73 Å². The number of nitrogens with two attached hydrogens (primary N) is 1. The largest absolute Gasteiger partial charge is 0.481 e. The van der Waals surface area contributed by atoms with Gasteiger partial charge in [-0.15, -0.1) is 0 Å². The van der Waals surface area contributed by atoms with Gasteiger partial charge in [0.2, 0.25) is 0 Å². The molecule has 0 aliphatic heterocycles. The monoisotopic (exact) mass is 586 g/mol. The van der Waals surface area contributed by atoms with Crippen LogP contribution in [0.4, 0.5) is 35.1 Å². The van der Waals surface area contributed by atoms with Crippen molar-refractivity contribution in [2.45, 2.75) is 25.2 Å². The van der Waals surface area contributed by atoms with Crippen LogP contribution in [-0.4, -0.2) is 21.6 Å². The number of hydrogen-bond donors (Lipinski definition) is 2. The van der Waals surface area contributed by atoms with Gasteiger partial charge in [-0.3, -0.25) is 19.0 Å². The Bertz CT molecular complexity index is 1660. The van der Waals surface area contributed by atoms with E-state index in [0.717, 1.165) is 18.2 Å². The van der Waals surface area contributed by atoms with Crippen molar-refractivity contribution >= 4 is 22.6 Å². The Morgan fingerprint density at radius 3 is 1.85 bits per heavy atom. The van der Waals surface area contributed by atoms with Crippen LogP contribution in [0.2, 0.25) is 0 Å². The molecule has 14 heteroatoms. The van der Waals surface area contributed by atoms with E-state index < -0.39 is 58.1 Å². The third kappa shape index (κ3) is 7.07. The first kappa shape index (κ1) is 30.8. The van der Waals surface area contributed by atoms with E-state index >= 15 is 0 Å². The Labute approximate surface area is 225 Å². The van der Waals surface area contributed by atoms with Crippen LogP contribution in [0.3, 0.4) is 0 Å². The molecule has 0 radical (unpaired) electrons. The fraction of sp³-hybridized carbons (Fsp3) is 0.148. The number of amides is 1. The Balaban J connectivity index is 0.000000352. The number of aryl methyl sites for hydroxylation is 1. The molecular weight excluding hydrogens is 568 g/mol. The van der Waals surface area contributed by atoms with E-state index in [1.807, 2.05) is 0 Å². The predicted molar refractivity (Wildman–Crippen MR) is 130 cm³/mol. The number of fused-ring (bicyclic) bond motifs is 1. The second kappa shape index (κ2) is 11.8. The number of benzene rings is 3. The first-order valence-corrected chi connectivity index (χ1v) is 11.4.